The summed E-state index contributed by atoms with van der Waals surface area (Å²) >= 11 is 0. The zero-order chi connectivity index (χ0) is 15.1. The van der Waals surface area contributed by atoms with E-state index < -0.39 is 0 Å². The Morgan fingerprint density at radius 1 is 1.14 bits per heavy atom. The normalized spacial score (nSPS) is 15.1. The van der Waals surface area contributed by atoms with Gasteiger partial charge in [-0.05, 0) is 38.2 Å². The lowest BCUT2D eigenvalue weighted by Gasteiger charge is -2.15. The molecule has 1 heterocycles. The molecule has 0 radical (unpaired) electrons. The van der Waals surface area contributed by atoms with Crippen LogP contribution in [0.25, 0.3) is 11.3 Å². The predicted octanol–water partition coefficient (Wildman–Crippen LogP) is 4.71. The number of imidazole rings is 1. The molecule has 1 fully saturated rings. The van der Waals surface area contributed by atoms with Gasteiger partial charge in [0.2, 0.25) is 0 Å². The Labute approximate surface area is 127 Å². The van der Waals surface area contributed by atoms with E-state index in [1.807, 2.05) is 0 Å². The van der Waals surface area contributed by atoms with Crippen molar-refractivity contribution in [3.63, 3.8) is 0 Å². The first-order valence-corrected chi connectivity index (χ1v) is 7.97. The van der Waals surface area contributed by atoms with Crippen LogP contribution in [0.3, 0.4) is 0 Å². The van der Waals surface area contributed by atoms with E-state index in [2.05, 4.69) is 56.5 Å². The van der Waals surface area contributed by atoms with Gasteiger partial charge in [-0.3, -0.25) is 0 Å². The molecule has 21 heavy (non-hydrogen) atoms. The smallest absolute Gasteiger partial charge is 0.131 e. The maximum atomic E-state index is 6.46. The van der Waals surface area contributed by atoms with Gasteiger partial charge in [0, 0.05) is 17.5 Å². The molecule has 3 nitrogen and oxygen atoms in total. The van der Waals surface area contributed by atoms with Crippen molar-refractivity contribution in [3.8, 4) is 11.3 Å². The lowest BCUT2D eigenvalue weighted by Crippen LogP contribution is -2.10. The number of rotatable bonds is 4. The highest BCUT2D eigenvalue weighted by molar-refractivity contribution is 5.75. The van der Waals surface area contributed by atoms with E-state index in [0.717, 1.165) is 17.3 Å². The van der Waals surface area contributed by atoms with Gasteiger partial charge in [0.25, 0.3) is 0 Å². The molecular formula is C18H25N3. The number of hydrogen-bond acceptors (Lipinski definition) is 2. The minimum absolute atomic E-state index is 0.330. The highest BCUT2D eigenvalue weighted by Gasteiger charge is 2.28. The Morgan fingerprint density at radius 2 is 1.81 bits per heavy atom. The first kappa shape index (κ1) is 14.2. The summed E-state index contributed by atoms with van der Waals surface area (Å²) < 4.78 is 2.18. The number of nitrogen functional groups attached to an aromatic ring is 1. The molecule has 0 bridgehead atoms. The SMILES string of the molecule is CC(C)c1nc(-c2ccccc2C2CC2)c(N)n1C(C)C. The third kappa shape index (κ3) is 2.45. The molecule has 0 unspecified atom stereocenters. The summed E-state index contributed by atoms with van der Waals surface area (Å²) in [5.41, 5.74) is 10.1. The van der Waals surface area contributed by atoms with Gasteiger partial charge < -0.3 is 10.3 Å². The molecule has 0 atom stereocenters. The lowest BCUT2D eigenvalue weighted by molar-refractivity contribution is 0.556. The minimum atomic E-state index is 0.330. The standard InChI is InChI=1S/C18H25N3/c1-11(2)18-20-16(17(19)21(18)12(3)4)15-8-6-5-7-14(15)13-9-10-13/h5-8,11-13H,9-10,19H2,1-4H3. The average Bonchev–Trinajstić information content (AvgIpc) is 3.21. The molecule has 1 aromatic carbocycles. The summed E-state index contributed by atoms with van der Waals surface area (Å²) in [7, 11) is 0. The van der Waals surface area contributed by atoms with Crippen LogP contribution in [0.15, 0.2) is 24.3 Å². The number of nitrogens with two attached hydrogens (primary N) is 1. The van der Waals surface area contributed by atoms with Crippen molar-refractivity contribution < 1.29 is 0 Å². The fourth-order valence-electron chi connectivity index (χ4n) is 3.07. The van der Waals surface area contributed by atoms with E-state index in [1.165, 1.54) is 24.0 Å². The summed E-state index contributed by atoms with van der Waals surface area (Å²) in [4.78, 5) is 4.91. The number of aromatic nitrogens is 2. The maximum Gasteiger partial charge on any atom is 0.131 e. The van der Waals surface area contributed by atoms with Gasteiger partial charge in [-0.2, -0.15) is 0 Å². The monoisotopic (exact) mass is 283 g/mol. The van der Waals surface area contributed by atoms with E-state index >= 15 is 0 Å². The Hall–Kier alpha value is -1.77. The summed E-state index contributed by atoms with van der Waals surface area (Å²) in [6.07, 6.45) is 2.58. The van der Waals surface area contributed by atoms with Gasteiger partial charge in [-0.1, -0.05) is 38.1 Å². The number of anilines is 1. The third-order valence-corrected chi connectivity index (χ3v) is 4.24. The molecule has 2 aromatic rings. The molecule has 1 aliphatic carbocycles. The Morgan fingerprint density at radius 3 is 2.33 bits per heavy atom. The molecular weight excluding hydrogens is 258 g/mol. The van der Waals surface area contributed by atoms with Crippen LogP contribution < -0.4 is 5.73 Å². The van der Waals surface area contributed by atoms with Crippen molar-refractivity contribution in [3.05, 3.63) is 35.7 Å². The first-order chi connectivity index (χ1) is 10.0. The van der Waals surface area contributed by atoms with Crippen molar-refractivity contribution in [1.82, 2.24) is 9.55 Å². The van der Waals surface area contributed by atoms with Crippen LogP contribution >= 0.6 is 0 Å². The summed E-state index contributed by atoms with van der Waals surface area (Å²) in [6.45, 7) is 8.69. The third-order valence-electron chi connectivity index (χ3n) is 4.24. The van der Waals surface area contributed by atoms with Crippen LogP contribution in [0, 0.1) is 0 Å². The highest BCUT2D eigenvalue weighted by atomic mass is 15.2. The van der Waals surface area contributed by atoms with Crippen molar-refractivity contribution in [2.45, 2.75) is 58.4 Å². The highest BCUT2D eigenvalue weighted by Crippen LogP contribution is 2.45. The zero-order valence-corrected chi connectivity index (χ0v) is 13.4. The minimum Gasteiger partial charge on any atom is -0.383 e. The second-order valence-corrected chi connectivity index (χ2v) is 6.68. The van der Waals surface area contributed by atoms with Crippen LogP contribution in [-0.4, -0.2) is 9.55 Å². The van der Waals surface area contributed by atoms with E-state index in [0.29, 0.717) is 17.9 Å². The molecule has 3 heteroatoms. The maximum absolute atomic E-state index is 6.46. The number of hydrogen-bond donors (Lipinski definition) is 1. The largest absolute Gasteiger partial charge is 0.383 e. The Balaban J connectivity index is 2.17. The van der Waals surface area contributed by atoms with E-state index in [-0.39, 0.29) is 0 Å². The van der Waals surface area contributed by atoms with E-state index in [9.17, 15) is 0 Å². The van der Waals surface area contributed by atoms with Crippen molar-refractivity contribution in [1.29, 1.82) is 0 Å². The van der Waals surface area contributed by atoms with Gasteiger partial charge in [0.1, 0.15) is 17.3 Å². The molecule has 0 saturated heterocycles. The second kappa shape index (κ2) is 5.21. The van der Waals surface area contributed by atoms with E-state index in [1.54, 1.807) is 0 Å². The van der Waals surface area contributed by atoms with Crippen molar-refractivity contribution in [2.75, 3.05) is 5.73 Å². The first-order valence-electron chi connectivity index (χ1n) is 7.97. The van der Waals surface area contributed by atoms with Gasteiger partial charge in [0.05, 0.1) is 0 Å². The quantitative estimate of drug-likeness (QED) is 0.882. The molecule has 3 rings (SSSR count). The van der Waals surface area contributed by atoms with Crippen LogP contribution in [0.2, 0.25) is 0 Å². The van der Waals surface area contributed by atoms with Gasteiger partial charge in [0.15, 0.2) is 0 Å². The van der Waals surface area contributed by atoms with Gasteiger partial charge in [-0.25, -0.2) is 4.98 Å². The number of nitrogens with zero attached hydrogens (tertiary/aromatic N) is 2. The van der Waals surface area contributed by atoms with Gasteiger partial charge >= 0.3 is 0 Å². The Bertz CT molecular complexity index is 648. The molecule has 1 aliphatic rings. The summed E-state index contributed by atoms with van der Waals surface area (Å²) in [5.74, 6) is 2.97. The van der Waals surface area contributed by atoms with E-state index in [4.69, 9.17) is 10.7 Å². The summed E-state index contributed by atoms with van der Waals surface area (Å²) in [5, 5.41) is 0. The van der Waals surface area contributed by atoms with Crippen molar-refractivity contribution >= 4 is 5.82 Å². The molecule has 0 amide bonds. The molecule has 112 valence electrons. The van der Waals surface area contributed by atoms with Crippen LogP contribution in [-0.2, 0) is 0 Å². The fourth-order valence-corrected chi connectivity index (χ4v) is 3.07. The number of benzene rings is 1. The van der Waals surface area contributed by atoms with Crippen LogP contribution in [0.5, 0.6) is 0 Å². The molecule has 2 N–H and O–H groups in total. The average molecular weight is 283 g/mol. The van der Waals surface area contributed by atoms with Crippen molar-refractivity contribution in [2.24, 2.45) is 0 Å². The molecule has 1 aromatic heterocycles. The lowest BCUT2D eigenvalue weighted by atomic mass is 10.0. The molecule has 0 spiro atoms. The van der Waals surface area contributed by atoms with Crippen LogP contribution in [0.4, 0.5) is 5.82 Å². The molecule has 0 aliphatic heterocycles. The Kier molecular flexibility index (Phi) is 3.52. The summed E-state index contributed by atoms with van der Waals surface area (Å²) in [6, 6.07) is 8.94. The fraction of sp³-hybridized carbons (Fsp3) is 0.500. The molecule has 1 saturated carbocycles. The zero-order valence-electron chi connectivity index (χ0n) is 13.4. The van der Waals surface area contributed by atoms with Gasteiger partial charge in [-0.15, -0.1) is 0 Å². The van der Waals surface area contributed by atoms with Crippen LogP contribution in [0.1, 0.15) is 69.8 Å². The topological polar surface area (TPSA) is 43.8 Å². The second-order valence-electron chi connectivity index (χ2n) is 6.68. The predicted molar refractivity (Wildman–Crippen MR) is 88.5 cm³/mol.